The number of benzene rings is 1. The van der Waals surface area contributed by atoms with Crippen molar-refractivity contribution >= 4 is 11.7 Å². The Kier molecular flexibility index (Phi) is 3.40. The Bertz CT molecular complexity index is 527. The summed E-state index contributed by atoms with van der Waals surface area (Å²) in [5.41, 5.74) is 0.289. The molecule has 0 saturated carbocycles. The van der Waals surface area contributed by atoms with Crippen LogP contribution in [0.3, 0.4) is 0 Å². The lowest BCUT2D eigenvalue weighted by molar-refractivity contribution is -0.384. The summed E-state index contributed by atoms with van der Waals surface area (Å²) in [7, 11) is 0. The molecule has 2 heterocycles. The smallest absolute Gasteiger partial charge is 0.338 e. The van der Waals surface area contributed by atoms with Gasteiger partial charge in [-0.15, -0.1) is 0 Å². The minimum Gasteiger partial charge on any atom is -0.456 e. The van der Waals surface area contributed by atoms with Crippen LogP contribution < -0.4 is 0 Å². The van der Waals surface area contributed by atoms with Gasteiger partial charge in [-0.1, -0.05) is 0 Å². The average molecular weight is 277 g/mol. The first kappa shape index (κ1) is 13.1. The third kappa shape index (κ3) is 2.51. The van der Waals surface area contributed by atoms with Gasteiger partial charge >= 0.3 is 5.97 Å². The highest BCUT2D eigenvalue weighted by atomic mass is 16.6. The van der Waals surface area contributed by atoms with Gasteiger partial charge in [0.25, 0.3) is 5.69 Å². The number of nitro benzene ring substituents is 1. The summed E-state index contributed by atoms with van der Waals surface area (Å²) in [6.07, 6.45) is 3.86. The lowest BCUT2D eigenvalue weighted by Crippen LogP contribution is -2.35. The van der Waals surface area contributed by atoms with Crippen LogP contribution in [0.1, 0.15) is 36.0 Å². The minimum absolute atomic E-state index is 0.00995. The standard InChI is InChI=1S/C14H15NO5/c16-14(9-1-3-10(4-2-9)15(17)18)20-13-8-6-11-5-7-12(13)19-11/h1-4,11-13H,5-8H2. The Morgan fingerprint density at radius 2 is 1.90 bits per heavy atom. The van der Waals surface area contributed by atoms with E-state index in [1.807, 2.05) is 0 Å². The zero-order valence-electron chi connectivity index (χ0n) is 10.9. The molecule has 2 saturated heterocycles. The lowest BCUT2D eigenvalue weighted by atomic mass is 10.1. The molecule has 0 aliphatic carbocycles. The molecule has 0 amide bonds. The van der Waals surface area contributed by atoms with Gasteiger partial charge in [0.2, 0.25) is 0 Å². The fourth-order valence-corrected chi connectivity index (χ4v) is 2.81. The maximum Gasteiger partial charge on any atom is 0.338 e. The number of nitrogens with zero attached hydrogens (tertiary/aromatic N) is 1. The summed E-state index contributed by atoms with van der Waals surface area (Å²) in [5, 5.41) is 10.6. The first-order chi connectivity index (χ1) is 9.63. The predicted molar refractivity (Wildman–Crippen MR) is 69.4 cm³/mol. The van der Waals surface area contributed by atoms with Crippen molar-refractivity contribution in [1.82, 2.24) is 0 Å². The fourth-order valence-electron chi connectivity index (χ4n) is 2.81. The van der Waals surface area contributed by atoms with Crippen molar-refractivity contribution in [2.75, 3.05) is 0 Å². The second-order valence-electron chi connectivity index (χ2n) is 5.20. The SMILES string of the molecule is O=C(OC1CCC2CCC1O2)c1ccc([N+](=O)[O-])cc1. The maximum absolute atomic E-state index is 12.0. The van der Waals surface area contributed by atoms with Gasteiger partial charge in [0, 0.05) is 12.1 Å². The van der Waals surface area contributed by atoms with Crippen LogP contribution in [-0.4, -0.2) is 29.2 Å². The van der Waals surface area contributed by atoms with E-state index >= 15 is 0 Å². The Morgan fingerprint density at radius 3 is 2.60 bits per heavy atom. The molecule has 0 aromatic heterocycles. The van der Waals surface area contributed by atoms with E-state index in [9.17, 15) is 14.9 Å². The van der Waals surface area contributed by atoms with E-state index in [-0.39, 0.29) is 17.9 Å². The normalized spacial score (nSPS) is 28.1. The van der Waals surface area contributed by atoms with Gasteiger partial charge in [-0.25, -0.2) is 4.79 Å². The first-order valence-corrected chi connectivity index (χ1v) is 6.74. The molecule has 106 valence electrons. The molecule has 3 rings (SSSR count). The quantitative estimate of drug-likeness (QED) is 0.481. The van der Waals surface area contributed by atoms with Gasteiger partial charge in [-0.05, 0) is 37.8 Å². The third-order valence-electron chi connectivity index (χ3n) is 3.90. The van der Waals surface area contributed by atoms with Crippen LogP contribution in [0.25, 0.3) is 0 Å². The summed E-state index contributed by atoms with van der Waals surface area (Å²) >= 11 is 0. The number of hydrogen-bond donors (Lipinski definition) is 0. The molecule has 3 atom stereocenters. The van der Waals surface area contributed by atoms with Gasteiger partial charge < -0.3 is 9.47 Å². The van der Waals surface area contributed by atoms with Crippen molar-refractivity contribution in [2.24, 2.45) is 0 Å². The largest absolute Gasteiger partial charge is 0.456 e. The van der Waals surface area contributed by atoms with Gasteiger partial charge in [-0.3, -0.25) is 10.1 Å². The average Bonchev–Trinajstić information content (AvgIpc) is 2.85. The highest BCUT2D eigenvalue weighted by molar-refractivity contribution is 5.89. The molecule has 1 aromatic rings. The molecule has 0 spiro atoms. The number of ether oxygens (including phenoxy) is 2. The van der Waals surface area contributed by atoms with E-state index in [1.54, 1.807) is 0 Å². The van der Waals surface area contributed by atoms with Gasteiger partial charge in [0.05, 0.1) is 22.7 Å². The summed E-state index contributed by atoms with van der Waals surface area (Å²) < 4.78 is 11.2. The molecule has 3 unspecified atom stereocenters. The lowest BCUT2D eigenvalue weighted by Gasteiger charge is -2.28. The number of nitro groups is 1. The van der Waals surface area contributed by atoms with E-state index < -0.39 is 10.9 Å². The molecular weight excluding hydrogens is 262 g/mol. The number of fused-ring (bicyclic) bond motifs is 2. The van der Waals surface area contributed by atoms with Crippen LogP contribution in [-0.2, 0) is 9.47 Å². The molecule has 6 heteroatoms. The van der Waals surface area contributed by atoms with Crippen LogP contribution >= 0.6 is 0 Å². The van der Waals surface area contributed by atoms with Gasteiger partial charge in [0.1, 0.15) is 6.10 Å². The zero-order chi connectivity index (χ0) is 14.1. The maximum atomic E-state index is 12.0. The fraction of sp³-hybridized carbons (Fsp3) is 0.500. The number of rotatable bonds is 3. The Hall–Kier alpha value is -1.95. The van der Waals surface area contributed by atoms with E-state index in [0.717, 1.165) is 25.7 Å². The third-order valence-corrected chi connectivity index (χ3v) is 3.90. The highest BCUT2D eigenvalue weighted by Crippen LogP contribution is 2.34. The van der Waals surface area contributed by atoms with Crippen molar-refractivity contribution in [1.29, 1.82) is 0 Å². The van der Waals surface area contributed by atoms with E-state index in [1.165, 1.54) is 24.3 Å². The van der Waals surface area contributed by atoms with Crippen molar-refractivity contribution in [3.8, 4) is 0 Å². The second-order valence-corrected chi connectivity index (χ2v) is 5.20. The molecule has 0 N–H and O–H groups in total. The number of carbonyl (C=O) groups excluding carboxylic acids is 1. The summed E-state index contributed by atoms with van der Waals surface area (Å²) in [5.74, 6) is -0.446. The Morgan fingerprint density at radius 1 is 1.20 bits per heavy atom. The van der Waals surface area contributed by atoms with Crippen LogP contribution in [0.2, 0.25) is 0 Å². The predicted octanol–water partition coefficient (Wildman–Crippen LogP) is 2.46. The molecule has 20 heavy (non-hydrogen) atoms. The van der Waals surface area contributed by atoms with Crippen molar-refractivity contribution in [2.45, 2.75) is 44.0 Å². The van der Waals surface area contributed by atoms with Crippen molar-refractivity contribution < 1.29 is 19.2 Å². The topological polar surface area (TPSA) is 78.7 Å². The molecule has 0 radical (unpaired) electrons. The van der Waals surface area contributed by atoms with Crippen LogP contribution in [0.4, 0.5) is 5.69 Å². The second kappa shape index (κ2) is 5.20. The summed E-state index contributed by atoms with van der Waals surface area (Å²) in [4.78, 5) is 22.1. The van der Waals surface area contributed by atoms with Crippen LogP contribution in [0, 0.1) is 10.1 Å². The van der Waals surface area contributed by atoms with E-state index in [0.29, 0.717) is 11.7 Å². The summed E-state index contributed by atoms with van der Waals surface area (Å²) in [6, 6.07) is 5.45. The van der Waals surface area contributed by atoms with Crippen LogP contribution in [0.5, 0.6) is 0 Å². The van der Waals surface area contributed by atoms with Crippen molar-refractivity contribution in [3.63, 3.8) is 0 Å². The molecule has 1 aromatic carbocycles. The van der Waals surface area contributed by atoms with E-state index in [2.05, 4.69) is 0 Å². The molecule has 2 bridgehead atoms. The number of hydrogen-bond acceptors (Lipinski definition) is 5. The number of carbonyl (C=O) groups is 1. The Balaban J connectivity index is 1.65. The Labute approximate surface area is 115 Å². The monoisotopic (exact) mass is 277 g/mol. The first-order valence-electron chi connectivity index (χ1n) is 6.74. The number of esters is 1. The van der Waals surface area contributed by atoms with Crippen LogP contribution in [0.15, 0.2) is 24.3 Å². The molecule has 2 aliphatic rings. The van der Waals surface area contributed by atoms with E-state index in [4.69, 9.17) is 9.47 Å². The van der Waals surface area contributed by atoms with Gasteiger partial charge in [-0.2, -0.15) is 0 Å². The van der Waals surface area contributed by atoms with Crippen molar-refractivity contribution in [3.05, 3.63) is 39.9 Å². The zero-order valence-corrected chi connectivity index (χ0v) is 10.9. The number of non-ortho nitro benzene ring substituents is 1. The molecular formula is C14H15NO5. The van der Waals surface area contributed by atoms with Gasteiger partial charge in [0.15, 0.2) is 0 Å². The minimum atomic E-state index is -0.497. The summed E-state index contributed by atoms with van der Waals surface area (Å²) in [6.45, 7) is 0. The molecule has 2 fully saturated rings. The molecule has 2 aliphatic heterocycles. The highest BCUT2D eigenvalue weighted by Gasteiger charge is 2.38. The molecule has 6 nitrogen and oxygen atoms in total.